The summed E-state index contributed by atoms with van der Waals surface area (Å²) in [7, 11) is 1.69. The van der Waals surface area contributed by atoms with Crippen molar-refractivity contribution in [1.82, 2.24) is 15.5 Å². The van der Waals surface area contributed by atoms with Gasteiger partial charge in [-0.1, -0.05) is 29.8 Å². The molecule has 2 rings (SSSR count). The lowest BCUT2D eigenvalue weighted by Gasteiger charge is -2.06. The highest BCUT2D eigenvalue weighted by Crippen LogP contribution is 2.28. The monoisotopic (exact) mass is 265 g/mol. The molecule has 0 aliphatic heterocycles. The number of aromatic amines is 1. The van der Waals surface area contributed by atoms with Crippen LogP contribution in [0.25, 0.3) is 11.3 Å². The quantitative estimate of drug-likeness (QED) is 0.789. The third kappa shape index (κ3) is 3.10. The maximum absolute atomic E-state index is 6.18. The van der Waals surface area contributed by atoms with Crippen LogP contribution in [0, 0.1) is 0 Å². The van der Waals surface area contributed by atoms with E-state index in [2.05, 4.69) is 15.5 Å². The lowest BCUT2D eigenvalue weighted by atomic mass is 10.1. The number of hydrogen-bond acceptors (Lipinski definition) is 3. The minimum Gasteiger partial charge on any atom is -0.383 e. The molecule has 4 nitrogen and oxygen atoms in total. The van der Waals surface area contributed by atoms with Gasteiger partial charge in [-0.3, -0.25) is 5.10 Å². The Hall–Kier alpha value is -1.36. The van der Waals surface area contributed by atoms with Gasteiger partial charge in [0.15, 0.2) is 0 Å². The van der Waals surface area contributed by atoms with Gasteiger partial charge in [0, 0.05) is 36.3 Å². The second-order valence-corrected chi connectivity index (χ2v) is 4.33. The van der Waals surface area contributed by atoms with Crippen LogP contribution in [0.15, 0.2) is 30.5 Å². The fourth-order valence-electron chi connectivity index (χ4n) is 1.74. The van der Waals surface area contributed by atoms with Crippen LogP contribution in [0.5, 0.6) is 0 Å². The number of hydrogen-bond donors (Lipinski definition) is 2. The summed E-state index contributed by atoms with van der Waals surface area (Å²) in [6.45, 7) is 2.24. The zero-order valence-corrected chi connectivity index (χ0v) is 11.0. The van der Waals surface area contributed by atoms with Gasteiger partial charge in [-0.15, -0.1) is 0 Å². The summed E-state index contributed by atoms with van der Waals surface area (Å²) in [5.74, 6) is 0. The number of benzene rings is 1. The maximum atomic E-state index is 6.18. The van der Waals surface area contributed by atoms with Crippen LogP contribution >= 0.6 is 11.6 Å². The Morgan fingerprint density at radius 3 is 3.00 bits per heavy atom. The topological polar surface area (TPSA) is 49.9 Å². The summed E-state index contributed by atoms with van der Waals surface area (Å²) in [5, 5.41) is 11.1. The number of aromatic nitrogens is 2. The number of ether oxygens (including phenoxy) is 1. The van der Waals surface area contributed by atoms with Crippen LogP contribution in [0.3, 0.4) is 0 Å². The van der Waals surface area contributed by atoms with Crippen molar-refractivity contribution < 1.29 is 4.74 Å². The molecule has 0 spiro atoms. The molecule has 0 bridgehead atoms. The first kappa shape index (κ1) is 13.1. The third-order valence-electron chi connectivity index (χ3n) is 2.66. The Labute approximate surface area is 111 Å². The van der Waals surface area contributed by atoms with E-state index in [4.69, 9.17) is 16.3 Å². The molecule has 2 N–H and O–H groups in total. The molecule has 18 heavy (non-hydrogen) atoms. The van der Waals surface area contributed by atoms with E-state index in [1.807, 2.05) is 30.5 Å². The summed E-state index contributed by atoms with van der Waals surface area (Å²) in [5.41, 5.74) is 3.03. The van der Waals surface area contributed by atoms with Gasteiger partial charge in [0.1, 0.15) is 0 Å². The van der Waals surface area contributed by atoms with Gasteiger partial charge in [0.25, 0.3) is 0 Å². The van der Waals surface area contributed by atoms with E-state index in [-0.39, 0.29) is 0 Å². The zero-order valence-electron chi connectivity index (χ0n) is 10.2. The van der Waals surface area contributed by atoms with E-state index < -0.39 is 0 Å². The molecular weight excluding hydrogens is 250 g/mol. The summed E-state index contributed by atoms with van der Waals surface area (Å²) in [4.78, 5) is 0. The van der Waals surface area contributed by atoms with Crippen LogP contribution < -0.4 is 5.32 Å². The molecule has 96 valence electrons. The molecule has 0 radical (unpaired) electrons. The molecule has 0 amide bonds. The van der Waals surface area contributed by atoms with Crippen molar-refractivity contribution in [3.8, 4) is 11.3 Å². The van der Waals surface area contributed by atoms with E-state index in [0.29, 0.717) is 6.61 Å². The van der Waals surface area contributed by atoms with Crippen LogP contribution in [-0.4, -0.2) is 30.5 Å². The SMILES string of the molecule is COCCNCc1cn[nH]c1-c1ccccc1Cl. The van der Waals surface area contributed by atoms with Crippen molar-refractivity contribution in [3.05, 3.63) is 41.0 Å². The molecule has 1 heterocycles. The first-order valence-electron chi connectivity index (χ1n) is 5.79. The smallest absolute Gasteiger partial charge is 0.0710 e. The summed E-state index contributed by atoms with van der Waals surface area (Å²) in [6, 6.07) is 7.73. The Morgan fingerprint density at radius 2 is 2.22 bits per heavy atom. The number of rotatable bonds is 6. The van der Waals surface area contributed by atoms with Gasteiger partial charge in [0.05, 0.1) is 18.5 Å². The van der Waals surface area contributed by atoms with Gasteiger partial charge < -0.3 is 10.1 Å². The molecule has 0 fully saturated rings. The Kier molecular flexibility index (Phi) is 4.75. The van der Waals surface area contributed by atoms with E-state index in [1.54, 1.807) is 7.11 Å². The molecule has 0 saturated carbocycles. The van der Waals surface area contributed by atoms with Crippen LogP contribution in [0.2, 0.25) is 5.02 Å². The highest BCUT2D eigenvalue weighted by atomic mass is 35.5. The van der Waals surface area contributed by atoms with Crippen LogP contribution in [0.4, 0.5) is 0 Å². The van der Waals surface area contributed by atoms with Crippen molar-refractivity contribution >= 4 is 11.6 Å². The number of halogens is 1. The van der Waals surface area contributed by atoms with E-state index in [1.165, 1.54) is 0 Å². The molecule has 0 unspecified atom stereocenters. The van der Waals surface area contributed by atoms with Crippen molar-refractivity contribution in [2.24, 2.45) is 0 Å². The van der Waals surface area contributed by atoms with E-state index in [0.717, 1.165) is 34.9 Å². The fraction of sp³-hybridized carbons (Fsp3) is 0.308. The van der Waals surface area contributed by atoms with Crippen molar-refractivity contribution in [2.75, 3.05) is 20.3 Å². The highest BCUT2D eigenvalue weighted by molar-refractivity contribution is 6.33. The normalized spacial score (nSPS) is 10.8. The predicted molar refractivity (Wildman–Crippen MR) is 72.6 cm³/mol. The first-order valence-corrected chi connectivity index (χ1v) is 6.17. The minimum absolute atomic E-state index is 0.694. The average molecular weight is 266 g/mol. The number of methoxy groups -OCH3 is 1. The number of nitrogens with zero attached hydrogens (tertiary/aromatic N) is 1. The van der Waals surface area contributed by atoms with Gasteiger partial charge in [-0.25, -0.2) is 0 Å². The fourth-order valence-corrected chi connectivity index (χ4v) is 1.97. The standard InChI is InChI=1S/C13H16ClN3O/c1-18-7-6-15-8-10-9-16-17-13(10)11-4-2-3-5-12(11)14/h2-5,9,15H,6-8H2,1H3,(H,16,17). The second kappa shape index (κ2) is 6.54. The van der Waals surface area contributed by atoms with Gasteiger partial charge in [-0.2, -0.15) is 5.10 Å². The predicted octanol–water partition coefficient (Wildman–Crippen LogP) is 2.47. The van der Waals surface area contributed by atoms with Crippen molar-refractivity contribution in [1.29, 1.82) is 0 Å². The molecule has 0 aliphatic rings. The maximum Gasteiger partial charge on any atom is 0.0710 e. The summed E-state index contributed by atoms with van der Waals surface area (Å²) < 4.78 is 4.99. The molecule has 1 aromatic carbocycles. The third-order valence-corrected chi connectivity index (χ3v) is 2.99. The Bertz CT molecular complexity index is 498. The average Bonchev–Trinajstić information content (AvgIpc) is 2.83. The highest BCUT2D eigenvalue weighted by Gasteiger charge is 2.09. The zero-order chi connectivity index (χ0) is 12.8. The summed E-state index contributed by atoms with van der Waals surface area (Å²) >= 11 is 6.18. The van der Waals surface area contributed by atoms with Crippen molar-refractivity contribution in [3.63, 3.8) is 0 Å². The van der Waals surface area contributed by atoms with Crippen LogP contribution in [-0.2, 0) is 11.3 Å². The first-order chi connectivity index (χ1) is 8.83. The number of H-pyrrole nitrogens is 1. The molecule has 2 aromatic rings. The van der Waals surface area contributed by atoms with E-state index in [9.17, 15) is 0 Å². The molecule has 0 saturated heterocycles. The van der Waals surface area contributed by atoms with Gasteiger partial charge >= 0.3 is 0 Å². The molecular formula is C13H16ClN3O. The molecule has 0 aliphatic carbocycles. The molecule has 0 atom stereocenters. The second-order valence-electron chi connectivity index (χ2n) is 3.92. The molecule has 1 aromatic heterocycles. The molecule has 5 heteroatoms. The lowest BCUT2D eigenvalue weighted by Crippen LogP contribution is -2.18. The Morgan fingerprint density at radius 1 is 1.39 bits per heavy atom. The van der Waals surface area contributed by atoms with Crippen molar-refractivity contribution in [2.45, 2.75) is 6.54 Å². The van der Waals surface area contributed by atoms with Gasteiger partial charge in [0.2, 0.25) is 0 Å². The minimum atomic E-state index is 0.694. The number of nitrogens with one attached hydrogen (secondary N) is 2. The summed E-state index contributed by atoms with van der Waals surface area (Å²) in [6.07, 6.45) is 1.82. The Balaban J connectivity index is 2.10. The van der Waals surface area contributed by atoms with Crippen LogP contribution in [0.1, 0.15) is 5.56 Å². The van der Waals surface area contributed by atoms with E-state index >= 15 is 0 Å². The van der Waals surface area contributed by atoms with Gasteiger partial charge in [-0.05, 0) is 6.07 Å². The largest absolute Gasteiger partial charge is 0.383 e. The lowest BCUT2D eigenvalue weighted by molar-refractivity contribution is 0.199.